The van der Waals surface area contributed by atoms with Gasteiger partial charge in [-0.1, -0.05) is 0 Å². The smallest absolute Gasteiger partial charge is 0.356 e. The van der Waals surface area contributed by atoms with E-state index in [1.165, 1.54) is 35.4 Å². The highest BCUT2D eigenvalue weighted by Gasteiger charge is 2.15. The quantitative estimate of drug-likeness (QED) is 0.803. The van der Waals surface area contributed by atoms with E-state index < -0.39 is 5.97 Å². The number of carboxylic acids is 1. The molecule has 1 N–H and O–H groups in total. The largest absolute Gasteiger partial charge is 0.476 e. The molecule has 0 aliphatic rings. The summed E-state index contributed by atoms with van der Waals surface area (Å²) in [5, 5.41) is 8.81. The van der Waals surface area contributed by atoms with E-state index in [0.29, 0.717) is 10.6 Å². The number of carboxylic acid groups (broad SMARTS) is 1. The fourth-order valence-electron chi connectivity index (χ4n) is 0.997. The van der Waals surface area contributed by atoms with E-state index in [4.69, 9.17) is 5.11 Å². The van der Waals surface area contributed by atoms with Crippen molar-refractivity contribution in [3.05, 3.63) is 29.8 Å². The molecule has 0 radical (unpaired) electrons. The van der Waals surface area contributed by atoms with Crippen molar-refractivity contribution in [1.29, 1.82) is 0 Å². The van der Waals surface area contributed by atoms with E-state index in [-0.39, 0.29) is 5.69 Å². The Morgan fingerprint density at radius 1 is 1.36 bits per heavy atom. The van der Waals surface area contributed by atoms with Crippen molar-refractivity contribution in [2.75, 3.05) is 0 Å². The molecule has 0 amide bonds. The van der Waals surface area contributed by atoms with Gasteiger partial charge in [-0.25, -0.2) is 9.78 Å². The normalized spacial score (nSPS) is 10.0. The average molecular weight is 207 g/mol. The number of nitrogens with zero attached hydrogens (tertiary/aromatic N) is 3. The van der Waals surface area contributed by atoms with Gasteiger partial charge in [0.25, 0.3) is 0 Å². The number of aromatic nitrogens is 3. The number of rotatable bonds is 2. The minimum atomic E-state index is -1.05. The van der Waals surface area contributed by atoms with Crippen molar-refractivity contribution in [2.45, 2.75) is 0 Å². The van der Waals surface area contributed by atoms with Gasteiger partial charge in [0.15, 0.2) is 5.69 Å². The first kappa shape index (κ1) is 8.76. The van der Waals surface area contributed by atoms with Crippen molar-refractivity contribution in [2.24, 2.45) is 0 Å². The molecule has 6 heteroatoms. The van der Waals surface area contributed by atoms with E-state index in [1.54, 1.807) is 0 Å². The van der Waals surface area contributed by atoms with Crippen molar-refractivity contribution < 1.29 is 9.90 Å². The minimum absolute atomic E-state index is 0.0236. The second-order valence-electron chi connectivity index (χ2n) is 2.43. The summed E-state index contributed by atoms with van der Waals surface area (Å²) in [6.07, 6.45) is 4.56. The van der Waals surface area contributed by atoms with Crippen LogP contribution in [0.15, 0.2) is 24.1 Å². The third-order valence-corrected chi connectivity index (χ3v) is 2.41. The van der Waals surface area contributed by atoms with Gasteiger partial charge in [-0.05, 0) is 0 Å². The van der Waals surface area contributed by atoms with E-state index in [0.717, 1.165) is 0 Å². The number of thiazole rings is 1. The summed E-state index contributed by atoms with van der Waals surface area (Å²) in [4.78, 5) is 22.9. The van der Waals surface area contributed by atoms with Crippen LogP contribution in [-0.2, 0) is 0 Å². The Morgan fingerprint density at radius 3 is 2.86 bits per heavy atom. The van der Waals surface area contributed by atoms with Crippen molar-refractivity contribution >= 4 is 17.3 Å². The highest BCUT2D eigenvalue weighted by Crippen LogP contribution is 2.24. The SMILES string of the molecule is O=C(O)c1ncsc1-c1cnccn1. The zero-order chi connectivity index (χ0) is 9.97. The lowest BCUT2D eigenvalue weighted by atomic mass is 10.3. The lowest BCUT2D eigenvalue weighted by Crippen LogP contribution is -1.99. The summed E-state index contributed by atoms with van der Waals surface area (Å²) in [6, 6.07) is 0. The molecule has 2 aromatic heterocycles. The second-order valence-corrected chi connectivity index (χ2v) is 3.28. The molecule has 2 rings (SSSR count). The Labute approximate surface area is 83.1 Å². The maximum atomic E-state index is 10.8. The lowest BCUT2D eigenvalue weighted by Gasteiger charge is -1.95. The van der Waals surface area contributed by atoms with Crippen LogP contribution in [0.2, 0.25) is 0 Å². The van der Waals surface area contributed by atoms with Gasteiger partial charge in [0, 0.05) is 12.4 Å². The van der Waals surface area contributed by atoms with Gasteiger partial charge in [0.1, 0.15) is 5.69 Å². The van der Waals surface area contributed by atoms with Crippen LogP contribution >= 0.6 is 11.3 Å². The summed E-state index contributed by atoms with van der Waals surface area (Å²) in [5.41, 5.74) is 2.04. The van der Waals surface area contributed by atoms with E-state index in [2.05, 4.69) is 15.0 Å². The molecule has 0 atom stereocenters. The monoisotopic (exact) mass is 207 g/mol. The zero-order valence-electron chi connectivity index (χ0n) is 6.91. The van der Waals surface area contributed by atoms with Crippen LogP contribution in [0, 0.1) is 0 Å². The molecular formula is C8H5N3O2S. The summed E-state index contributed by atoms with van der Waals surface area (Å²) in [6.45, 7) is 0. The molecular weight excluding hydrogens is 202 g/mol. The van der Waals surface area contributed by atoms with Gasteiger partial charge < -0.3 is 5.11 Å². The Morgan fingerprint density at radius 2 is 2.21 bits per heavy atom. The number of aromatic carboxylic acids is 1. The van der Waals surface area contributed by atoms with Gasteiger partial charge >= 0.3 is 5.97 Å². The van der Waals surface area contributed by atoms with Crippen molar-refractivity contribution in [1.82, 2.24) is 15.0 Å². The predicted octanol–water partition coefficient (Wildman–Crippen LogP) is 1.30. The van der Waals surface area contributed by atoms with E-state index >= 15 is 0 Å². The van der Waals surface area contributed by atoms with Crippen LogP contribution in [0.5, 0.6) is 0 Å². The highest BCUT2D eigenvalue weighted by atomic mass is 32.1. The molecule has 0 aromatic carbocycles. The third-order valence-electron chi connectivity index (χ3n) is 1.57. The molecule has 5 nitrogen and oxygen atoms in total. The summed E-state index contributed by atoms with van der Waals surface area (Å²) in [7, 11) is 0. The number of hydrogen-bond acceptors (Lipinski definition) is 5. The van der Waals surface area contributed by atoms with E-state index in [1.807, 2.05) is 0 Å². The Balaban J connectivity index is 2.52. The first-order valence-electron chi connectivity index (χ1n) is 3.72. The zero-order valence-corrected chi connectivity index (χ0v) is 7.73. The molecule has 70 valence electrons. The van der Waals surface area contributed by atoms with Gasteiger partial charge in [0.05, 0.1) is 16.6 Å². The van der Waals surface area contributed by atoms with Crippen molar-refractivity contribution in [3.8, 4) is 10.6 Å². The van der Waals surface area contributed by atoms with Gasteiger partial charge in [0.2, 0.25) is 0 Å². The van der Waals surface area contributed by atoms with Crippen molar-refractivity contribution in [3.63, 3.8) is 0 Å². The Kier molecular flexibility index (Phi) is 2.19. The Bertz CT molecular complexity index is 455. The molecule has 2 heterocycles. The molecule has 0 unspecified atom stereocenters. The van der Waals surface area contributed by atoms with Crippen LogP contribution in [-0.4, -0.2) is 26.0 Å². The minimum Gasteiger partial charge on any atom is -0.476 e. The molecule has 2 aromatic rings. The van der Waals surface area contributed by atoms with Crippen LogP contribution in [0.25, 0.3) is 10.6 Å². The summed E-state index contributed by atoms with van der Waals surface area (Å²) in [5.74, 6) is -1.05. The summed E-state index contributed by atoms with van der Waals surface area (Å²) < 4.78 is 0. The third kappa shape index (κ3) is 1.47. The molecule has 14 heavy (non-hydrogen) atoms. The topological polar surface area (TPSA) is 76.0 Å². The van der Waals surface area contributed by atoms with Crippen LogP contribution in [0.1, 0.15) is 10.5 Å². The van der Waals surface area contributed by atoms with Crippen LogP contribution < -0.4 is 0 Å². The van der Waals surface area contributed by atoms with Gasteiger partial charge in [-0.15, -0.1) is 11.3 Å². The number of carbonyl (C=O) groups is 1. The molecule has 0 bridgehead atoms. The molecule has 0 spiro atoms. The summed E-state index contributed by atoms with van der Waals surface area (Å²) >= 11 is 1.24. The molecule has 0 aliphatic carbocycles. The first-order chi connectivity index (χ1) is 6.79. The van der Waals surface area contributed by atoms with E-state index in [9.17, 15) is 4.79 Å². The highest BCUT2D eigenvalue weighted by molar-refractivity contribution is 7.13. The number of hydrogen-bond donors (Lipinski definition) is 1. The van der Waals surface area contributed by atoms with Crippen LogP contribution in [0.3, 0.4) is 0 Å². The lowest BCUT2D eigenvalue weighted by molar-refractivity contribution is 0.0692. The molecule has 0 aliphatic heterocycles. The molecule has 0 saturated heterocycles. The maximum Gasteiger partial charge on any atom is 0.356 e. The maximum absolute atomic E-state index is 10.8. The fourth-order valence-corrected chi connectivity index (χ4v) is 1.74. The average Bonchev–Trinajstić information content (AvgIpc) is 2.67. The predicted molar refractivity (Wildman–Crippen MR) is 50.1 cm³/mol. The van der Waals surface area contributed by atoms with Gasteiger partial charge in [-0.3, -0.25) is 9.97 Å². The standard InChI is InChI=1S/C8H5N3O2S/c12-8(13)6-7(14-4-11-6)5-3-9-1-2-10-5/h1-4H,(H,12,13). The van der Waals surface area contributed by atoms with Gasteiger partial charge in [-0.2, -0.15) is 0 Å². The second kappa shape index (κ2) is 3.51. The van der Waals surface area contributed by atoms with Crippen LogP contribution in [0.4, 0.5) is 0 Å². The fraction of sp³-hybridized carbons (Fsp3) is 0. The molecule has 0 saturated carbocycles. The Hall–Kier alpha value is -1.82. The first-order valence-corrected chi connectivity index (χ1v) is 4.60. The molecule has 0 fully saturated rings.